The van der Waals surface area contributed by atoms with Crippen LogP contribution in [0.4, 0.5) is 0 Å². The van der Waals surface area contributed by atoms with Gasteiger partial charge in [0.15, 0.2) is 0 Å². The number of fused-ring (bicyclic) bond motifs is 1. The van der Waals surface area contributed by atoms with Gasteiger partial charge < -0.3 is 9.47 Å². The molecular formula is C24H19ClO2. The zero-order chi connectivity index (χ0) is 18.6. The molecule has 134 valence electrons. The SMILES string of the molecule is COc1ccc(/C=C/C2=Cc3cc(Cl)ccc3OC2c2ccccc2)cc1. The Hall–Kier alpha value is -2.97. The first-order valence-corrected chi connectivity index (χ1v) is 9.15. The van der Waals surface area contributed by atoms with E-state index >= 15 is 0 Å². The third kappa shape index (κ3) is 3.91. The summed E-state index contributed by atoms with van der Waals surface area (Å²) in [4.78, 5) is 0. The van der Waals surface area contributed by atoms with Gasteiger partial charge in [0.25, 0.3) is 0 Å². The lowest BCUT2D eigenvalue weighted by molar-refractivity contribution is 0.243. The molecule has 1 heterocycles. The van der Waals surface area contributed by atoms with E-state index in [0.29, 0.717) is 5.02 Å². The molecule has 1 atom stereocenters. The molecule has 3 aromatic carbocycles. The average Bonchev–Trinajstić information content (AvgIpc) is 2.72. The van der Waals surface area contributed by atoms with E-state index in [1.807, 2.05) is 60.7 Å². The van der Waals surface area contributed by atoms with Gasteiger partial charge in [0.1, 0.15) is 17.6 Å². The van der Waals surface area contributed by atoms with Crippen molar-refractivity contribution in [2.45, 2.75) is 6.10 Å². The van der Waals surface area contributed by atoms with Gasteiger partial charge in [0.05, 0.1) is 7.11 Å². The van der Waals surface area contributed by atoms with E-state index in [4.69, 9.17) is 21.1 Å². The summed E-state index contributed by atoms with van der Waals surface area (Å²) in [6, 6.07) is 23.9. The average molecular weight is 375 g/mol. The van der Waals surface area contributed by atoms with Crippen molar-refractivity contribution in [2.75, 3.05) is 7.11 Å². The summed E-state index contributed by atoms with van der Waals surface area (Å²) < 4.78 is 11.5. The fourth-order valence-electron chi connectivity index (χ4n) is 3.12. The molecule has 0 aliphatic carbocycles. The Labute approximate surface area is 164 Å². The fraction of sp³-hybridized carbons (Fsp3) is 0.0833. The lowest BCUT2D eigenvalue weighted by atomic mass is 9.95. The molecule has 0 aromatic heterocycles. The van der Waals surface area contributed by atoms with E-state index in [1.165, 1.54) is 0 Å². The Morgan fingerprint density at radius 1 is 0.926 bits per heavy atom. The zero-order valence-electron chi connectivity index (χ0n) is 14.9. The quantitative estimate of drug-likeness (QED) is 0.513. The maximum absolute atomic E-state index is 6.31. The molecule has 1 aliphatic heterocycles. The molecule has 2 nitrogen and oxygen atoms in total. The van der Waals surface area contributed by atoms with E-state index in [0.717, 1.165) is 33.8 Å². The third-order valence-corrected chi connectivity index (χ3v) is 4.76. The van der Waals surface area contributed by atoms with Crippen LogP contribution in [0.1, 0.15) is 22.8 Å². The fourth-order valence-corrected chi connectivity index (χ4v) is 3.30. The molecule has 0 saturated heterocycles. The number of rotatable bonds is 4. The van der Waals surface area contributed by atoms with E-state index in [1.54, 1.807) is 7.11 Å². The van der Waals surface area contributed by atoms with Crippen LogP contribution in [-0.2, 0) is 0 Å². The Bertz CT molecular complexity index is 989. The standard InChI is InChI=1S/C24H19ClO2/c1-26-22-12-8-17(9-13-22)7-10-19-15-20-16-21(25)11-14-23(20)27-24(19)18-5-3-2-4-6-18/h2-16,24H,1H3/b10-7+. The Morgan fingerprint density at radius 2 is 1.70 bits per heavy atom. The predicted octanol–water partition coefficient (Wildman–Crippen LogP) is 6.58. The van der Waals surface area contributed by atoms with Gasteiger partial charge in [0.2, 0.25) is 0 Å². The summed E-state index contributed by atoms with van der Waals surface area (Å²) in [5.41, 5.74) is 4.28. The van der Waals surface area contributed by atoms with Crippen LogP contribution in [0, 0.1) is 0 Å². The van der Waals surface area contributed by atoms with Gasteiger partial charge in [0, 0.05) is 10.6 Å². The highest BCUT2D eigenvalue weighted by molar-refractivity contribution is 6.30. The largest absolute Gasteiger partial charge is 0.497 e. The van der Waals surface area contributed by atoms with Gasteiger partial charge in [-0.1, -0.05) is 66.2 Å². The minimum Gasteiger partial charge on any atom is -0.497 e. The topological polar surface area (TPSA) is 18.5 Å². The van der Waals surface area contributed by atoms with Crippen LogP contribution < -0.4 is 9.47 Å². The molecule has 4 rings (SSSR count). The normalized spacial score (nSPS) is 15.8. The molecule has 0 bridgehead atoms. The summed E-state index contributed by atoms with van der Waals surface area (Å²) in [6.45, 7) is 0. The number of ether oxygens (including phenoxy) is 2. The number of hydrogen-bond donors (Lipinski definition) is 0. The molecule has 27 heavy (non-hydrogen) atoms. The Morgan fingerprint density at radius 3 is 2.44 bits per heavy atom. The molecule has 0 N–H and O–H groups in total. The van der Waals surface area contributed by atoms with Gasteiger partial charge in [-0.15, -0.1) is 0 Å². The molecule has 0 amide bonds. The highest BCUT2D eigenvalue weighted by atomic mass is 35.5. The Balaban J connectivity index is 1.71. The van der Waals surface area contributed by atoms with Gasteiger partial charge in [-0.2, -0.15) is 0 Å². The number of benzene rings is 3. The van der Waals surface area contributed by atoms with Crippen molar-refractivity contribution < 1.29 is 9.47 Å². The van der Waals surface area contributed by atoms with Crippen LogP contribution >= 0.6 is 11.6 Å². The van der Waals surface area contributed by atoms with Crippen molar-refractivity contribution in [1.29, 1.82) is 0 Å². The predicted molar refractivity (Wildman–Crippen MR) is 111 cm³/mol. The number of hydrogen-bond acceptors (Lipinski definition) is 2. The monoisotopic (exact) mass is 374 g/mol. The first-order chi connectivity index (χ1) is 13.2. The van der Waals surface area contributed by atoms with Crippen molar-refractivity contribution in [1.82, 2.24) is 0 Å². The molecule has 0 radical (unpaired) electrons. The third-order valence-electron chi connectivity index (χ3n) is 4.53. The molecule has 3 aromatic rings. The number of methoxy groups -OCH3 is 1. The van der Waals surface area contributed by atoms with Gasteiger partial charge in [-0.25, -0.2) is 0 Å². The lowest BCUT2D eigenvalue weighted by Gasteiger charge is -2.26. The minimum absolute atomic E-state index is 0.158. The van der Waals surface area contributed by atoms with E-state index in [2.05, 4.69) is 30.4 Å². The van der Waals surface area contributed by atoms with Crippen molar-refractivity contribution in [3.8, 4) is 11.5 Å². The van der Waals surface area contributed by atoms with E-state index in [9.17, 15) is 0 Å². The lowest BCUT2D eigenvalue weighted by Crippen LogP contribution is -2.13. The zero-order valence-corrected chi connectivity index (χ0v) is 15.7. The van der Waals surface area contributed by atoms with Crippen molar-refractivity contribution in [3.63, 3.8) is 0 Å². The van der Waals surface area contributed by atoms with Crippen molar-refractivity contribution in [2.24, 2.45) is 0 Å². The van der Waals surface area contributed by atoms with E-state index in [-0.39, 0.29) is 6.10 Å². The maximum Gasteiger partial charge on any atom is 0.149 e. The van der Waals surface area contributed by atoms with Crippen molar-refractivity contribution in [3.05, 3.63) is 106 Å². The maximum atomic E-state index is 6.31. The highest BCUT2D eigenvalue weighted by Gasteiger charge is 2.23. The second-order valence-electron chi connectivity index (χ2n) is 6.34. The van der Waals surface area contributed by atoms with Crippen LogP contribution in [-0.4, -0.2) is 7.11 Å². The summed E-state index contributed by atoms with van der Waals surface area (Å²) in [5, 5.41) is 0.699. The minimum atomic E-state index is -0.158. The van der Waals surface area contributed by atoms with Crippen LogP contribution in [0.3, 0.4) is 0 Å². The first kappa shape index (κ1) is 17.4. The molecule has 0 saturated carbocycles. The molecule has 0 spiro atoms. The van der Waals surface area contributed by atoms with Gasteiger partial charge in [-0.05, 0) is 53.1 Å². The summed E-state index contributed by atoms with van der Waals surface area (Å²) in [6.07, 6.45) is 6.17. The van der Waals surface area contributed by atoms with Crippen LogP contribution in [0.15, 0.2) is 84.4 Å². The van der Waals surface area contributed by atoms with Gasteiger partial charge in [-0.3, -0.25) is 0 Å². The smallest absolute Gasteiger partial charge is 0.149 e. The first-order valence-electron chi connectivity index (χ1n) is 8.78. The molecule has 1 aliphatic rings. The van der Waals surface area contributed by atoms with Gasteiger partial charge >= 0.3 is 0 Å². The van der Waals surface area contributed by atoms with Crippen LogP contribution in [0.5, 0.6) is 11.5 Å². The number of halogens is 1. The summed E-state index contributed by atoms with van der Waals surface area (Å²) in [7, 11) is 1.67. The van der Waals surface area contributed by atoms with E-state index < -0.39 is 0 Å². The van der Waals surface area contributed by atoms with Crippen LogP contribution in [0.25, 0.3) is 12.2 Å². The summed E-state index contributed by atoms with van der Waals surface area (Å²) in [5.74, 6) is 1.69. The van der Waals surface area contributed by atoms with Crippen LogP contribution in [0.2, 0.25) is 5.02 Å². The summed E-state index contributed by atoms with van der Waals surface area (Å²) >= 11 is 6.16. The Kier molecular flexibility index (Phi) is 4.99. The van der Waals surface area contributed by atoms with Crippen molar-refractivity contribution >= 4 is 23.8 Å². The second kappa shape index (κ2) is 7.73. The molecule has 3 heteroatoms. The molecule has 0 fully saturated rings. The second-order valence-corrected chi connectivity index (χ2v) is 6.78. The molecular weight excluding hydrogens is 356 g/mol. The highest BCUT2D eigenvalue weighted by Crippen LogP contribution is 2.39. The molecule has 1 unspecified atom stereocenters.